The molecule has 3 rings (SSSR count). The molecule has 2 fully saturated rings. The van der Waals surface area contributed by atoms with Gasteiger partial charge in [0.05, 0.1) is 9.79 Å². The lowest BCUT2D eigenvalue weighted by Crippen LogP contribution is -2.53. The van der Waals surface area contributed by atoms with Gasteiger partial charge in [0.25, 0.3) is 11.6 Å². The van der Waals surface area contributed by atoms with Crippen molar-refractivity contribution in [3.05, 3.63) is 39.9 Å². The van der Waals surface area contributed by atoms with Crippen LogP contribution in [0, 0.1) is 21.4 Å². The van der Waals surface area contributed by atoms with E-state index in [0.717, 1.165) is 25.0 Å². The van der Waals surface area contributed by atoms with Crippen LogP contribution in [0.3, 0.4) is 0 Å². The summed E-state index contributed by atoms with van der Waals surface area (Å²) in [6, 6.07) is 5.82. The van der Waals surface area contributed by atoms with Gasteiger partial charge in [0, 0.05) is 49.5 Å². The van der Waals surface area contributed by atoms with Crippen molar-refractivity contribution in [3.63, 3.8) is 0 Å². The van der Waals surface area contributed by atoms with Crippen LogP contribution in [0.4, 0.5) is 5.69 Å². The summed E-state index contributed by atoms with van der Waals surface area (Å²) in [6.07, 6.45) is 3.11. The van der Waals surface area contributed by atoms with E-state index in [1.54, 1.807) is 11.8 Å². The zero-order chi connectivity index (χ0) is 22.8. The van der Waals surface area contributed by atoms with Gasteiger partial charge < -0.3 is 9.80 Å². The monoisotopic (exact) mass is 447 g/mol. The number of rotatable bonds is 5. The Kier molecular flexibility index (Phi) is 6.98. The third kappa shape index (κ3) is 5.59. The Balaban J connectivity index is 1.61. The van der Waals surface area contributed by atoms with Crippen molar-refractivity contribution in [2.24, 2.45) is 11.3 Å². The number of piperidine rings is 1. The van der Waals surface area contributed by atoms with Crippen LogP contribution >= 0.6 is 11.8 Å². The van der Waals surface area contributed by atoms with Gasteiger partial charge in [0.15, 0.2) is 0 Å². The number of carbonyl (C=O) groups is 2. The Morgan fingerprint density at radius 1 is 1.16 bits per heavy atom. The number of nitro benzene ring substituents is 1. The van der Waals surface area contributed by atoms with E-state index >= 15 is 0 Å². The molecule has 31 heavy (non-hydrogen) atoms. The first kappa shape index (κ1) is 23.6. The molecule has 1 spiro atoms. The van der Waals surface area contributed by atoms with Crippen LogP contribution in [-0.4, -0.2) is 56.8 Å². The van der Waals surface area contributed by atoms with Crippen LogP contribution in [0.25, 0.3) is 0 Å². The maximum absolute atomic E-state index is 13.2. The largest absolute Gasteiger partial charge is 0.342 e. The first-order valence-electron chi connectivity index (χ1n) is 11.0. The van der Waals surface area contributed by atoms with E-state index in [1.807, 2.05) is 9.80 Å². The number of non-ortho nitro benzene ring substituents is 1. The minimum Gasteiger partial charge on any atom is -0.342 e. The van der Waals surface area contributed by atoms with Gasteiger partial charge in [-0.1, -0.05) is 27.7 Å². The lowest BCUT2D eigenvalue weighted by Gasteiger charge is -2.44. The van der Waals surface area contributed by atoms with Gasteiger partial charge in [-0.25, -0.2) is 0 Å². The molecule has 1 atom stereocenters. The number of nitro groups is 1. The van der Waals surface area contributed by atoms with Crippen molar-refractivity contribution in [2.75, 3.05) is 25.4 Å². The molecular weight excluding hydrogens is 414 g/mol. The number of hydrogen-bond donors (Lipinski definition) is 0. The van der Waals surface area contributed by atoms with Gasteiger partial charge in [-0.15, -0.1) is 11.8 Å². The van der Waals surface area contributed by atoms with Crippen molar-refractivity contribution in [3.8, 4) is 0 Å². The highest BCUT2D eigenvalue weighted by Crippen LogP contribution is 2.44. The molecule has 0 aliphatic carbocycles. The predicted molar refractivity (Wildman–Crippen MR) is 123 cm³/mol. The molecule has 1 unspecified atom stereocenters. The van der Waals surface area contributed by atoms with Gasteiger partial charge in [-0.3, -0.25) is 19.7 Å². The third-order valence-electron chi connectivity index (χ3n) is 6.13. The van der Waals surface area contributed by atoms with Crippen molar-refractivity contribution >= 4 is 29.3 Å². The maximum atomic E-state index is 13.2. The normalized spacial score (nSPS) is 19.5. The van der Waals surface area contributed by atoms with Crippen molar-refractivity contribution in [1.29, 1.82) is 0 Å². The van der Waals surface area contributed by atoms with Crippen LogP contribution in [0.1, 0.15) is 63.7 Å². The Morgan fingerprint density at radius 3 is 2.32 bits per heavy atom. The molecule has 2 saturated heterocycles. The lowest BCUT2D eigenvalue weighted by atomic mass is 9.84. The van der Waals surface area contributed by atoms with E-state index in [-0.39, 0.29) is 27.8 Å². The fourth-order valence-electron chi connectivity index (χ4n) is 4.84. The van der Waals surface area contributed by atoms with Gasteiger partial charge in [-0.2, -0.15) is 0 Å². The molecule has 170 valence electrons. The summed E-state index contributed by atoms with van der Waals surface area (Å²) < 4.78 is 0. The van der Waals surface area contributed by atoms with Crippen LogP contribution in [0.2, 0.25) is 0 Å². The summed E-state index contributed by atoms with van der Waals surface area (Å²) in [6.45, 7) is 10.7. The Labute approximate surface area is 188 Å². The maximum Gasteiger partial charge on any atom is 0.269 e. The SMILES string of the molecule is CC(CC(=O)N1CCC2(CC1)SCCN2C(=O)c1ccc([N+](=O)[O-])cc1)CC(C)(C)C. The number of benzene rings is 1. The number of nitrogens with zero attached hydrogens (tertiary/aromatic N) is 3. The van der Waals surface area contributed by atoms with Gasteiger partial charge in [-0.05, 0) is 42.7 Å². The highest BCUT2D eigenvalue weighted by atomic mass is 32.2. The van der Waals surface area contributed by atoms with E-state index in [1.165, 1.54) is 24.3 Å². The van der Waals surface area contributed by atoms with E-state index in [4.69, 9.17) is 0 Å². The van der Waals surface area contributed by atoms with Crippen molar-refractivity contribution in [2.45, 2.75) is 58.2 Å². The Morgan fingerprint density at radius 2 is 1.77 bits per heavy atom. The summed E-state index contributed by atoms with van der Waals surface area (Å²) >= 11 is 1.80. The average molecular weight is 448 g/mol. The molecule has 8 heteroatoms. The minimum atomic E-state index is -0.462. The number of likely N-dealkylation sites (tertiary alicyclic amines) is 1. The van der Waals surface area contributed by atoms with Crippen molar-refractivity contribution in [1.82, 2.24) is 9.80 Å². The molecule has 2 amide bonds. The molecular formula is C23H33N3O4S. The second-order valence-electron chi connectivity index (χ2n) is 10.0. The van der Waals surface area contributed by atoms with Gasteiger partial charge in [0.2, 0.25) is 5.91 Å². The minimum absolute atomic E-state index is 0.0189. The molecule has 0 saturated carbocycles. The smallest absolute Gasteiger partial charge is 0.269 e. The fourth-order valence-corrected chi connectivity index (χ4v) is 6.30. The molecule has 2 aliphatic heterocycles. The molecule has 1 aromatic rings. The second kappa shape index (κ2) is 9.18. The molecule has 0 aromatic heterocycles. The highest BCUT2D eigenvalue weighted by molar-refractivity contribution is 8.00. The average Bonchev–Trinajstić information content (AvgIpc) is 3.09. The third-order valence-corrected chi connectivity index (χ3v) is 7.68. The van der Waals surface area contributed by atoms with E-state index < -0.39 is 4.92 Å². The van der Waals surface area contributed by atoms with Crippen LogP contribution < -0.4 is 0 Å². The van der Waals surface area contributed by atoms with E-state index in [9.17, 15) is 19.7 Å². The fraction of sp³-hybridized carbons (Fsp3) is 0.652. The predicted octanol–water partition coefficient (Wildman–Crippen LogP) is 4.56. The summed E-state index contributed by atoms with van der Waals surface area (Å²) in [5.74, 6) is 1.35. The van der Waals surface area contributed by atoms with Crippen LogP contribution in [-0.2, 0) is 4.79 Å². The molecule has 7 nitrogen and oxygen atoms in total. The zero-order valence-electron chi connectivity index (χ0n) is 18.9. The topological polar surface area (TPSA) is 83.8 Å². The first-order valence-corrected chi connectivity index (χ1v) is 12.0. The number of hydrogen-bond acceptors (Lipinski definition) is 5. The van der Waals surface area contributed by atoms with E-state index in [2.05, 4.69) is 27.7 Å². The number of carbonyl (C=O) groups excluding carboxylic acids is 2. The Bertz CT molecular complexity index is 826. The van der Waals surface area contributed by atoms with Gasteiger partial charge in [0.1, 0.15) is 0 Å². The molecule has 0 bridgehead atoms. The van der Waals surface area contributed by atoms with Gasteiger partial charge >= 0.3 is 0 Å². The molecule has 2 heterocycles. The highest BCUT2D eigenvalue weighted by Gasteiger charge is 2.47. The standard InChI is InChI=1S/C23H33N3O4S/c1-17(16-22(2,3)4)15-20(27)24-11-9-23(10-12-24)25(13-14-31-23)21(28)18-5-7-19(8-6-18)26(29)30/h5-8,17H,9-16H2,1-4H3. The van der Waals surface area contributed by atoms with E-state index in [0.29, 0.717) is 37.5 Å². The summed E-state index contributed by atoms with van der Waals surface area (Å²) in [7, 11) is 0. The number of thioether (sulfide) groups is 1. The zero-order valence-corrected chi connectivity index (χ0v) is 19.7. The first-order chi connectivity index (χ1) is 14.5. The summed E-state index contributed by atoms with van der Waals surface area (Å²) in [5, 5.41) is 10.9. The van der Waals surface area contributed by atoms with Crippen molar-refractivity contribution < 1.29 is 14.5 Å². The van der Waals surface area contributed by atoms with Crippen LogP contribution in [0.5, 0.6) is 0 Å². The molecule has 1 aromatic carbocycles. The molecule has 2 aliphatic rings. The molecule has 0 radical (unpaired) electrons. The quantitative estimate of drug-likeness (QED) is 0.488. The van der Waals surface area contributed by atoms with Crippen LogP contribution in [0.15, 0.2) is 24.3 Å². The second-order valence-corrected chi connectivity index (χ2v) is 11.5. The summed E-state index contributed by atoms with van der Waals surface area (Å²) in [5.41, 5.74) is 0.668. The lowest BCUT2D eigenvalue weighted by molar-refractivity contribution is -0.384. The summed E-state index contributed by atoms with van der Waals surface area (Å²) in [4.78, 5) is 40.0. The molecule has 0 N–H and O–H groups in total. The number of amides is 2. The Hall–Kier alpha value is -2.09.